The van der Waals surface area contributed by atoms with E-state index in [1.807, 2.05) is 0 Å². The van der Waals surface area contributed by atoms with Crippen molar-refractivity contribution in [1.29, 1.82) is 0 Å². The molecule has 10 aromatic carbocycles. The number of fused-ring (bicyclic) bond motifs is 5. The summed E-state index contributed by atoms with van der Waals surface area (Å²) < 4.78 is 11.7. The molecule has 0 saturated heterocycles. The molecule has 626 valence electrons. The largest absolute Gasteiger partial charge is 0.213 e. The van der Waals surface area contributed by atoms with Crippen molar-refractivity contribution in [3.63, 3.8) is 0 Å². The first-order valence-corrected chi connectivity index (χ1v) is 44.1. The number of aryl methyl sites for hydroxylation is 14. The van der Waals surface area contributed by atoms with Gasteiger partial charge in [0.05, 0.1) is 0 Å². The summed E-state index contributed by atoms with van der Waals surface area (Å²) in [6.45, 7) is 58.7. The maximum absolute atomic E-state index is 2.41. The normalized spacial score (nSPS) is 11.9. The van der Waals surface area contributed by atoms with Crippen molar-refractivity contribution >= 4 is 54.5 Å². The van der Waals surface area contributed by atoms with Crippen LogP contribution in [0.3, 0.4) is 0 Å². The van der Waals surface area contributed by atoms with Gasteiger partial charge < -0.3 is 0 Å². The Morgan fingerprint density at radius 1 is 0.190 bits per heavy atom. The number of nitrogens with zero attached hydrogens (tertiary/aromatic N) is 5. The molecule has 5 aromatic heterocycles. The molecule has 0 saturated carbocycles. The smallest absolute Gasteiger partial charge is 0.194 e. The van der Waals surface area contributed by atoms with Crippen molar-refractivity contribution in [2.24, 2.45) is 62.3 Å². The number of pyridine rings is 5. The van der Waals surface area contributed by atoms with Crippen molar-refractivity contribution in [2.45, 2.75) is 212 Å². The standard InChI is InChI=1S/2C24H30N.2C23H28N.C22H26N/c1-16-13-17(2)18(3)21(14-16)23-12-11-20-19(15-24(4,5)6)9-8-10-22(20)25(23)7;1-16-12-17(2)18(3)21(13-16)23-14-19(15-24(4,5)6)20-10-8-9-11-22(20)25(23)7;1-16-10-11-17(2)20(14-16)22-13-12-19-18(15-23(3,4)5)8-7-9-21(19)24(22)6;1-16-11-12-17(2)20(13-16)22-14-18(15-23(3,4)5)19-9-7-8-10-21(19)24(22)6;1-16-9-6-7-11-18(16)21-14-13-19-17(15-22(2,3)4)10-8-12-20(19)23(21)5/h2*8-14H,15H2,1-7H3;2*7-14H,15H2,1-6H3;6-14H,15H2,1-5H3/q5*+1. The van der Waals surface area contributed by atoms with Crippen LogP contribution in [0, 0.1) is 103 Å². The third kappa shape index (κ3) is 22.1. The molecule has 0 aliphatic rings. The molecule has 0 amide bonds. The number of rotatable bonds is 10. The third-order valence-electron chi connectivity index (χ3n) is 24.0. The van der Waals surface area contributed by atoms with Crippen molar-refractivity contribution in [3.8, 4) is 56.3 Å². The van der Waals surface area contributed by atoms with Gasteiger partial charge in [-0.15, -0.1) is 0 Å². The van der Waals surface area contributed by atoms with Crippen LogP contribution in [0.1, 0.15) is 193 Å². The van der Waals surface area contributed by atoms with Gasteiger partial charge in [-0.3, -0.25) is 0 Å². The van der Waals surface area contributed by atoms with E-state index in [1.54, 1.807) is 0 Å². The lowest BCUT2D eigenvalue weighted by Gasteiger charge is -2.20. The van der Waals surface area contributed by atoms with Gasteiger partial charge in [-0.05, 0) is 263 Å². The Morgan fingerprint density at radius 2 is 0.446 bits per heavy atom. The summed E-state index contributed by atoms with van der Waals surface area (Å²) in [5.41, 5.74) is 42.8. The molecule has 15 rings (SSSR count). The van der Waals surface area contributed by atoms with E-state index < -0.39 is 0 Å². The van der Waals surface area contributed by atoms with E-state index >= 15 is 0 Å². The summed E-state index contributed by atoms with van der Waals surface area (Å²) in [6.07, 6.45) is 5.42. The van der Waals surface area contributed by atoms with E-state index in [0.29, 0.717) is 10.8 Å². The first-order valence-electron chi connectivity index (χ1n) is 44.1. The van der Waals surface area contributed by atoms with E-state index in [4.69, 9.17) is 0 Å². The van der Waals surface area contributed by atoms with E-state index in [1.165, 1.54) is 200 Å². The van der Waals surface area contributed by atoms with E-state index in [9.17, 15) is 0 Å². The maximum atomic E-state index is 2.41. The van der Waals surface area contributed by atoms with Gasteiger partial charge in [0.25, 0.3) is 0 Å². The lowest BCUT2D eigenvalue weighted by molar-refractivity contribution is -0.633. The average Bonchev–Trinajstić information content (AvgIpc) is 0.781. The quantitative estimate of drug-likeness (QED) is 0.122. The van der Waals surface area contributed by atoms with Crippen LogP contribution < -0.4 is 22.8 Å². The second kappa shape index (κ2) is 36.9. The molecule has 0 spiro atoms. The lowest BCUT2D eigenvalue weighted by Crippen LogP contribution is -2.33. The van der Waals surface area contributed by atoms with E-state index in [0.717, 1.165) is 32.1 Å². The zero-order chi connectivity index (χ0) is 88.3. The van der Waals surface area contributed by atoms with Crippen LogP contribution in [0.4, 0.5) is 0 Å². The molecule has 5 heteroatoms. The molecule has 0 aliphatic heterocycles. The summed E-state index contributed by atoms with van der Waals surface area (Å²) in [4.78, 5) is 0. The second-order valence-corrected chi connectivity index (χ2v) is 41.3. The van der Waals surface area contributed by atoms with Crippen LogP contribution in [-0.4, -0.2) is 0 Å². The van der Waals surface area contributed by atoms with Crippen LogP contribution in [0.2, 0.25) is 0 Å². The number of hydrogen-bond donors (Lipinski definition) is 0. The van der Waals surface area contributed by atoms with Crippen molar-refractivity contribution < 1.29 is 22.8 Å². The Hall–Kier alpha value is -10.8. The molecule has 0 aliphatic carbocycles. The molecule has 121 heavy (non-hydrogen) atoms. The highest BCUT2D eigenvalue weighted by atomic mass is 15.0. The molecule has 5 nitrogen and oxygen atoms in total. The summed E-state index contributed by atoms with van der Waals surface area (Å²) in [5, 5.41) is 6.83. The predicted molar refractivity (Wildman–Crippen MR) is 521 cm³/mol. The minimum Gasteiger partial charge on any atom is -0.194 e. The minimum absolute atomic E-state index is 0.261. The zero-order valence-electron chi connectivity index (χ0n) is 79.8. The topological polar surface area (TPSA) is 19.4 Å². The van der Waals surface area contributed by atoms with Crippen LogP contribution in [0.5, 0.6) is 0 Å². The van der Waals surface area contributed by atoms with Gasteiger partial charge in [0, 0.05) is 115 Å². The fourth-order valence-corrected chi connectivity index (χ4v) is 17.9. The van der Waals surface area contributed by atoms with Gasteiger partial charge in [0.2, 0.25) is 56.1 Å². The van der Waals surface area contributed by atoms with Crippen molar-refractivity contribution in [2.75, 3.05) is 0 Å². The molecule has 0 unspecified atom stereocenters. The second-order valence-electron chi connectivity index (χ2n) is 41.3. The highest BCUT2D eigenvalue weighted by Gasteiger charge is 2.28. The number of hydrogen-bond acceptors (Lipinski definition) is 0. The van der Waals surface area contributed by atoms with Gasteiger partial charge in [-0.1, -0.05) is 241 Å². The number of aromatic nitrogens is 5. The number of para-hydroxylation sites is 2. The fraction of sp³-hybridized carbons (Fsp3) is 0.353. The minimum atomic E-state index is 0.261. The Balaban J connectivity index is 0.000000148. The molecular formula is C116H142N5+5. The maximum Gasteiger partial charge on any atom is 0.213 e. The molecular weight excluding hydrogens is 1460 g/mol. The van der Waals surface area contributed by atoms with Crippen molar-refractivity contribution in [3.05, 3.63) is 326 Å². The third-order valence-corrected chi connectivity index (χ3v) is 24.0. The Bertz CT molecular complexity index is 6280. The van der Waals surface area contributed by atoms with Crippen LogP contribution >= 0.6 is 0 Å². The van der Waals surface area contributed by atoms with Crippen molar-refractivity contribution in [1.82, 2.24) is 0 Å². The number of benzene rings is 10. The molecule has 0 fully saturated rings. The van der Waals surface area contributed by atoms with Gasteiger partial charge in [0.15, 0.2) is 0 Å². The Morgan fingerprint density at radius 3 is 0.802 bits per heavy atom. The summed E-state index contributed by atoms with van der Waals surface area (Å²) in [6, 6.07) is 87.3. The SMILES string of the molecule is Cc1cc(C)c(C)c(-c2cc(CC(C)(C)C)c3ccccc3[n+]2C)c1.Cc1cc(C)c(C)c(-c2ccc3c(CC(C)(C)C)cccc3[n+]2C)c1.Cc1ccc(C)c(-c2cc(CC(C)(C)C)c3ccccc3[n+]2C)c1.Cc1ccc(C)c(-c2ccc3c(CC(C)(C)C)cccc3[n+]2C)c1.Cc1ccccc1-c1ccc2c(CC(C)(C)C)cccc2[n+]1C. The molecule has 0 radical (unpaired) electrons. The molecule has 5 heterocycles. The van der Waals surface area contributed by atoms with Gasteiger partial charge in [-0.2, -0.15) is 22.8 Å². The summed E-state index contributed by atoms with van der Waals surface area (Å²) in [5.74, 6) is 0. The average molecular weight is 1610 g/mol. The van der Waals surface area contributed by atoms with Gasteiger partial charge in [-0.25, -0.2) is 0 Å². The predicted octanol–water partition coefficient (Wildman–Crippen LogP) is 28.0. The zero-order valence-corrected chi connectivity index (χ0v) is 79.8. The fourth-order valence-electron chi connectivity index (χ4n) is 17.9. The summed E-state index contributed by atoms with van der Waals surface area (Å²) >= 11 is 0. The Kier molecular flexibility index (Phi) is 27.8. The first kappa shape index (κ1) is 91.0. The lowest BCUT2D eigenvalue weighted by atomic mass is 9.85. The molecule has 0 bridgehead atoms. The highest BCUT2D eigenvalue weighted by Crippen LogP contribution is 2.37. The molecule has 0 atom stereocenters. The van der Waals surface area contributed by atoms with Crippen LogP contribution in [0.15, 0.2) is 237 Å². The molecule has 15 aromatic rings. The first-order chi connectivity index (χ1) is 56.7. The Labute approximate surface area is 728 Å². The van der Waals surface area contributed by atoms with Gasteiger partial charge >= 0.3 is 0 Å². The van der Waals surface area contributed by atoms with E-state index in [2.05, 4.69) is 475 Å². The van der Waals surface area contributed by atoms with Crippen LogP contribution in [-0.2, 0) is 67.3 Å². The summed E-state index contributed by atoms with van der Waals surface area (Å²) in [7, 11) is 10.9. The molecule has 0 N–H and O–H groups in total. The monoisotopic (exact) mass is 1610 g/mol. The van der Waals surface area contributed by atoms with Crippen LogP contribution in [0.25, 0.3) is 111 Å². The van der Waals surface area contributed by atoms with E-state index in [-0.39, 0.29) is 16.2 Å². The highest BCUT2D eigenvalue weighted by molar-refractivity contribution is 5.86. The van der Waals surface area contributed by atoms with Gasteiger partial charge in [0.1, 0.15) is 35.2 Å².